The number of carbonyl (C=O) groups excluding carboxylic acids is 2. The van der Waals surface area contributed by atoms with Crippen LogP contribution in [0.4, 0.5) is 0 Å². The lowest BCUT2D eigenvalue weighted by Gasteiger charge is -2.12. The molecule has 4 aromatic rings. The minimum absolute atomic E-state index is 0. The number of carbonyl (C=O) groups is 2. The van der Waals surface area contributed by atoms with Gasteiger partial charge in [-0.05, 0) is 31.2 Å². The largest absolute Gasteiger partial charge is 0.460 e. The van der Waals surface area contributed by atoms with E-state index in [-0.39, 0.29) is 48.0 Å². The Morgan fingerprint density at radius 1 is 0.804 bits per heavy atom. The lowest BCUT2D eigenvalue weighted by atomic mass is 10.2. The van der Waals surface area contributed by atoms with E-state index >= 15 is 0 Å². The molecule has 2 aromatic heterocycles. The number of nitrogens with zero attached hydrogens (tertiary/aromatic N) is 5. The Hall–Kier alpha value is -3.07. The predicted molar refractivity (Wildman–Crippen MR) is 198 cm³/mol. The van der Waals surface area contributed by atoms with Gasteiger partial charge in [0.15, 0.2) is 0 Å². The zero-order chi connectivity index (χ0) is 30.5. The summed E-state index contributed by atoms with van der Waals surface area (Å²) in [6, 6.07) is 15.5. The molecule has 14 heteroatoms. The van der Waals surface area contributed by atoms with E-state index in [0.717, 1.165) is 36.5 Å². The highest BCUT2D eigenvalue weighted by Gasteiger charge is 2.19. The van der Waals surface area contributed by atoms with E-state index in [9.17, 15) is 9.59 Å². The molecule has 0 radical (unpaired) electrons. The van der Waals surface area contributed by atoms with Crippen LogP contribution >= 0.6 is 44.3 Å². The van der Waals surface area contributed by atoms with Crippen molar-refractivity contribution in [1.29, 1.82) is 0 Å². The molecule has 2 aromatic carbocycles. The molecule has 11 nitrogen and oxygen atoms in total. The fraction of sp³-hybridized carbons (Fsp3) is 0.375. The fourth-order valence-corrected chi connectivity index (χ4v) is 3.79. The molecule has 1 amide bonds. The number of esters is 1. The number of hydrogen-bond acceptors (Lipinski definition) is 8. The van der Waals surface area contributed by atoms with Gasteiger partial charge in [-0.15, -0.1) is 12.4 Å². The van der Waals surface area contributed by atoms with Crippen molar-refractivity contribution in [1.82, 2.24) is 29.6 Å². The number of ether oxygens (including phenoxy) is 1. The maximum atomic E-state index is 12.0. The Labute approximate surface area is 298 Å². The van der Waals surface area contributed by atoms with Gasteiger partial charge in [0, 0.05) is 60.7 Å². The van der Waals surface area contributed by atoms with Crippen LogP contribution in [-0.4, -0.2) is 71.0 Å². The maximum Gasteiger partial charge on any atom is 0.374 e. The second-order valence-electron chi connectivity index (χ2n) is 8.25. The first-order valence-corrected chi connectivity index (χ1v) is 13.9. The van der Waals surface area contributed by atoms with E-state index in [1.807, 2.05) is 60.9 Å². The molecular formula is C32H51Br2ClN6O5. The molecule has 4 rings (SSSR count). The number of rotatable bonds is 7. The van der Waals surface area contributed by atoms with Gasteiger partial charge in [0.2, 0.25) is 11.6 Å². The Balaban J connectivity index is -0.000000313. The van der Waals surface area contributed by atoms with E-state index in [4.69, 9.17) is 9.57 Å². The smallest absolute Gasteiger partial charge is 0.374 e. The summed E-state index contributed by atoms with van der Waals surface area (Å²) in [6.45, 7) is 2.12. The zero-order valence-electron chi connectivity index (χ0n) is 24.4. The maximum absolute atomic E-state index is 12.0. The molecule has 0 saturated carbocycles. The molecule has 0 aliphatic rings. The lowest BCUT2D eigenvalue weighted by Crippen LogP contribution is -2.27. The average molecular weight is 795 g/mol. The van der Waals surface area contributed by atoms with Crippen molar-refractivity contribution in [3.8, 4) is 22.5 Å². The zero-order valence-corrected chi connectivity index (χ0v) is 28.4. The van der Waals surface area contributed by atoms with Crippen molar-refractivity contribution in [2.24, 2.45) is 14.1 Å². The molecule has 0 bridgehead atoms. The molecule has 260 valence electrons. The van der Waals surface area contributed by atoms with E-state index in [1.54, 1.807) is 51.4 Å². The molecule has 2 heterocycles. The standard InChI is InChI=1S/C13H14BrN3O2.C13H13BrN2O2.C2H7NO.4CH4.ClH/c1-16-8-11(9-4-6-10(14)7-5-9)15-12(16)13(18)17(2)19-3;1-3-18-13(17)12-15-11(8-16(12)2)9-4-6-10(14)7-5-9;1-3-4-2;;;;;/h4-8H,1-3H3;4-8H,3H2,1-2H3;3H,1-2H3;4*1H4;1H. The Morgan fingerprint density at radius 3 is 1.52 bits per heavy atom. The normalized spacial score (nSPS) is 9.07. The third-order valence-electron chi connectivity index (χ3n) is 5.45. The molecule has 46 heavy (non-hydrogen) atoms. The topological polar surface area (TPSA) is 113 Å². The van der Waals surface area contributed by atoms with Gasteiger partial charge < -0.3 is 18.7 Å². The predicted octanol–water partition coefficient (Wildman–Crippen LogP) is 8.24. The average Bonchev–Trinajstić information content (AvgIpc) is 3.56. The van der Waals surface area contributed by atoms with E-state index < -0.39 is 5.97 Å². The molecule has 0 saturated heterocycles. The molecule has 1 N–H and O–H groups in total. The Bertz CT molecular complexity index is 1410. The van der Waals surface area contributed by atoms with Crippen molar-refractivity contribution >= 4 is 56.1 Å². The van der Waals surface area contributed by atoms with Crippen molar-refractivity contribution in [3.63, 3.8) is 0 Å². The van der Waals surface area contributed by atoms with Crippen LogP contribution in [0.15, 0.2) is 69.9 Å². The molecule has 0 aliphatic carbocycles. The number of imidazole rings is 2. The first-order chi connectivity index (χ1) is 19.6. The highest BCUT2D eigenvalue weighted by molar-refractivity contribution is 9.10. The Kier molecular flexibility index (Phi) is 27.1. The van der Waals surface area contributed by atoms with Gasteiger partial charge in [-0.2, -0.15) is 0 Å². The number of nitrogens with one attached hydrogen (secondary N) is 1. The van der Waals surface area contributed by atoms with Crippen molar-refractivity contribution in [3.05, 3.63) is 81.5 Å². The number of amides is 1. The number of halogens is 3. The van der Waals surface area contributed by atoms with Gasteiger partial charge in [-0.1, -0.05) is 85.8 Å². The minimum atomic E-state index is -0.400. The summed E-state index contributed by atoms with van der Waals surface area (Å²) in [7, 11) is 9.83. The summed E-state index contributed by atoms with van der Waals surface area (Å²) in [5, 5.41) is 1.15. The first kappa shape index (κ1) is 49.8. The molecular weight excluding hydrogens is 744 g/mol. The van der Waals surface area contributed by atoms with Gasteiger partial charge in [0.05, 0.1) is 32.2 Å². The lowest BCUT2D eigenvalue weighted by molar-refractivity contribution is -0.0766. The molecule has 0 spiro atoms. The van der Waals surface area contributed by atoms with Crippen LogP contribution < -0.4 is 5.48 Å². The molecule has 0 atom stereocenters. The third-order valence-corrected chi connectivity index (χ3v) is 6.50. The van der Waals surface area contributed by atoms with Crippen LogP contribution in [-0.2, 0) is 28.5 Å². The molecule has 0 fully saturated rings. The quantitative estimate of drug-likeness (QED) is 0.147. The SMILES string of the molecule is C.C.C.C.CCOC(=O)c1nc(-c2ccc(Br)cc2)cn1C.CNOC.CON(C)C(=O)c1nc(-c2ccc(Br)cc2)cn1C.Cl. The fourth-order valence-electron chi connectivity index (χ4n) is 3.26. The number of aryl methyl sites for hydroxylation is 2. The summed E-state index contributed by atoms with van der Waals surface area (Å²) < 4.78 is 10.3. The third kappa shape index (κ3) is 14.6. The summed E-state index contributed by atoms with van der Waals surface area (Å²) in [6.07, 6.45) is 3.63. The van der Waals surface area contributed by atoms with Crippen LogP contribution in [0.1, 0.15) is 57.9 Å². The van der Waals surface area contributed by atoms with Gasteiger partial charge >= 0.3 is 11.9 Å². The summed E-state index contributed by atoms with van der Waals surface area (Å²) in [5.41, 5.74) is 5.86. The van der Waals surface area contributed by atoms with Gasteiger partial charge in [0.25, 0.3) is 0 Å². The van der Waals surface area contributed by atoms with Crippen molar-refractivity contribution in [2.75, 3.05) is 34.9 Å². The second-order valence-corrected chi connectivity index (χ2v) is 10.1. The van der Waals surface area contributed by atoms with Crippen LogP contribution in [0.3, 0.4) is 0 Å². The van der Waals surface area contributed by atoms with Gasteiger partial charge in [-0.3, -0.25) is 9.63 Å². The summed E-state index contributed by atoms with van der Waals surface area (Å²) in [4.78, 5) is 41.5. The minimum Gasteiger partial charge on any atom is -0.460 e. The number of aromatic nitrogens is 4. The second kappa shape index (κ2) is 25.1. The van der Waals surface area contributed by atoms with E-state index in [1.165, 1.54) is 7.11 Å². The number of hydrogen-bond donors (Lipinski definition) is 1. The van der Waals surface area contributed by atoms with Crippen LogP contribution in [0.5, 0.6) is 0 Å². The van der Waals surface area contributed by atoms with E-state index in [0.29, 0.717) is 18.3 Å². The molecule has 0 unspecified atom stereocenters. The van der Waals surface area contributed by atoms with Crippen LogP contribution in [0.2, 0.25) is 0 Å². The van der Waals surface area contributed by atoms with Crippen molar-refractivity contribution in [2.45, 2.75) is 36.6 Å². The Morgan fingerprint density at radius 2 is 1.17 bits per heavy atom. The van der Waals surface area contributed by atoms with Gasteiger partial charge in [-0.25, -0.2) is 25.3 Å². The highest BCUT2D eigenvalue weighted by atomic mass is 79.9. The summed E-state index contributed by atoms with van der Waals surface area (Å²) in [5.74, 6) is -0.0336. The number of hydroxylamine groups is 3. The highest BCUT2D eigenvalue weighted by Crippen LogP contribution is 2.22. The van der Waals surface area contributed by atoms with E-state index in [2.05, 4.69) is 52.1 Å². The first-order valence-electron chi connectivity index (χ1n) is 12.3. The van der Waals surface area contributed by atoms with Crippen LogP contribution in [0, 0.1) is 0 Å². The van der Waals surface area contributed by atoms with Crippen molar-refractivity contribution < 1.29 is 24.0 Å². The monoisotopic (exact) mass is 792 g/mol. The number of benzene rings is 2. The molecule has 0 aliphatic heterocycles. The van der Waals surface area contributed by atoms with Crippen LogP contribution in [0.25, 0.3) is 22.5 Å². The summed E-state index contributed by atoms with van der Waals surface area (Å²) >= 11 is 6.77. The van der Waals surface area contributed by atoms with Gasteiger partial charge in [0.1, 0.15) is 0 Å².